The van der Waals surface area contributed by atoms with Gasteiger partial charge in [-0.1, -0.05) is 30.3 Å². The molecule has 170 valence electrons. The highest BCUT2D eigenvalue weighted by atomic mass is 19.3. The molecule has 1 saturated heterocycles. The molecule has 1 aliphatic heterocycles. The molecule has 0 radical (unpaired) electrons. The zero-order valence-corrected chi connectivity index (χ0v) is 17.9. The average Bonchev–Trinajstić information content (AvgIpc) is 2.81. The molecule has 1 fully saturated rings. The summed E-state index contributed by atoms with van der Waals surface area (Å²) in [6, 6.07) is 11.9. The number of urea groups is 1. The third-order valence-corrected chi connectivity index (χ3v) is 5.25. The molecular formula is C23H26F2N4O3. The van der Waals surface area contributed by atoms with Crippen molar-refractivity contribution in [1.29, 1.82) is 0 Å². The third kappa shape index (κ3) is 6.09. The summed E-state index contributed by atoms with van der Waals surface area (Å²) in [5.74, 6) is -1.41. The van der Waals surface area contributed by atoms with Crippen LogP contribution in [0.3, 0.4) is 0 Å². The second-order valence-electron chi connectivity index (χ2n) is 7.69. The minimum absolute atomic E-state index is 0.113. The fraction of sp³-hybridized carbons (Fsp3) is 0.391. The van der Waals surface area contributed by atoms with Crippen LogP contribution in [0, 0.1) is 6.92 Å². The van der Waals surface area contributed by atoms with E-state index in [1.807, 2.05) is 29.3 Å². The molecule has 0 atom stereocenters. The molecule has 0 aliphatic carbocycles. The number of halogens is 2. The summed E-state index contributed by atoms with van der Waals surface area (Å²) in [5.41, 5.74) is 1.86. The summed E-state index contributed by atoms with van der Waals surface area (Å²) in [6.45, 7) is 3.04. The number of hydrogen-bond donors (Lipinski definition) is 1. The van der Waals surface area contributed by atoms with E-state index >= 15 is 0 Å². The molecule has 1 aromatic heterocycles. The van der Waals surface area contributed by atoms with Gasteiger partial charge in [0, 0.05) is 24.3 Å². The van der Waals surface area contributed by atoms with Gasteiger partial charge in [0.05, 0.1) is 13.1 Å². The number of rotatable bonds is 7. The first-order valence-corrected chi connectivity index (χ1v) is 10.5. The lowest BCUT2D eigenvalue weighted by Crippen LogP contribution is -2.45. The van der Waals surface area contributed by atoms with E-state index in [0.717, 1.165) is 30.5 Å². The maximum absolute atomic E-state index is 13.2. The predicted octanol–water partition coefficient (Wildman–Crippen LogP) is 3.57. The summed E-state index contributed by atoms with van der Waals surface area (Å²) in [5, 5.41) is 1.90. The van der Waals surface area contributed by atoms with Crippen molar-refractivity contribution < 1.29 is 23.2 Å². The highest BCUT2D eigenvalue weighted by Gasteiger charge is 2.25. The van der Waals surface area contributed by atoms with Gasteiger partial charge in [0.15, 0.2) is 5.78 Å². The summed E-state index contributed by atoms with van der Waals surface area (Å²) in [4.78, 5) is 44.3. The Morgan fingerprint density at radius 1 is 1.06 bits per heavy atom. The molecule has 1 N–H and O–H groups in total. The van der Waals surface area contributed by atoms with Gasteiger partial charge in [-0.3, -0.25) is 14.5 Å². The van der Waals surface area contributed by atoms with Gasteiger partial charge in [-0.25, -0.2) is 9.78 Å². The molecule has 1 aromatic carbocycles. The minimum Gasteiger partial charge on any atom is -0.344 e. The topological polar surface area (TPSA) is 82.6 Å². The Hall–Kier alpha value is -3.36. The Balaban J connectivity index is 1.73. The van der Waals surface area contributed by atoms with Crippen molar-refractivity contribution in [1.82, 2.24) is 15.2 Å². The summed E-state index contributed by atoms with van der Waals surface area (Å²) in [6.07, 6.45) is -0.108. The molecule has 0 saturated carbocycles. The van der Waals surface area contributed by atoms with Crippen LogP contribution in [-0.2, 0) is 11.3 Å². The van der Waals surface area contributed by atoms with Crippen molar-refractivity contribution in [3.63, 3.8) is 0 Å². The van der Waals surface area contributed by atoms with Crippen LogP contribution in [0.5, 0.6) is 0 Å². The van der Waals surface area contributed by atoms with Gasteiger partial charge >= 0.3 is 12.5 Å². The van der Waals surface area contributed by atoms with Gasteiger partial charge in [0.1, 0.15) is 5.82 Å². The van der Waals surface area contributed by atoms with E-state index in [-0.39, 0.29) is 18.1 Å². The summed E-state index contributed by atoms with van der Waals surface area (Å²) < 4.78 is 24.5. The van der Waals surface area contributed by atoms with Gasteiger partial charge in [-0.2, -0.15) is 8.78 Å². The fourth-order valence-corrected chi connectivity index (χ4v) is 3.51. The van der Waals surface area contributed by atoms with Crippen LogP contribution in [0.4, 0.5) is 19.4 Å². The average molecular weight is 444 g/mol. The van der Waals surface area contributed by atoms with Crippen LogP contribution in [0.25, 0.3) is 0 Å². The Kier molecular flexibility index (Phi) is 7.86. The van der Waals surface area contributed by atoms with E-state index in [1.165, 1.54) is 0 Å². The molecule has 0 unspecified atom stereocenters. The lowest BCUT2D eigenvalue weighted by atomic mass is 10.1. The number of nitrogens with zero attached hydrogens (tertiary/aromatic N) is 3. The number of hydrogen-bond acceptors (Lipinski definition) is 4. The summed E-state index contributed by atoms with van der Waals surface area (Å²) >= 11 is 0. The number of anilines is 1. The Morgan fingerprint density at radius 3 is 2.38 bits per heavy atom. The third-order valence-electron chi connectivity index (χ3n) is 5.25. The molecule has 0 bridgehead atoms. The zero-order valence-electron chi connectivity index (χ0n) is 17.9. The van der Waals surface area contributed by atoms with Crippen LogP contribution < -0.4 is 10.2 Å². The van der Waals surface area contributed by atoms with E-state index in [9.17, 15) is 23.2 Å². The van der Waals surface area contributed by atoms with E-state index in [4.69, 9.17) is 0 Å². The quantitative estimate of drug-likeness (QED) is 0.662. The fourth-order valence-electron chi connectivity index (χ4n) is 3.51. The number of amides is 3. The number of Topliss-reactive ketones (excluding diaryl/α,β-unsaturated/α-hetero) is 1. The number of pyridine rings is 1. The maximum atomic E-state index is 13.2. The molecule has 3 rings (SSSR count). The van der Waals surface area contributed by atoms with Crippen molar-refractivity contribution in [2.24, 2.45) is 0 Å². The first-order valence-electron chi connectivity index (χ1n) is 10.5. The molecule has 3 amide bonds. The number of nitrogens with one attached hydrogen (secondary N) is 1. The van der Waals surface area contributed by atoms with Crippen LogP contribution in [-0.4, -0.2) is 53.7 Å². The van der Waals surface area contributed by atoms with Crippen LogP contribution in [0.2, 0.25) is 0 Å². The van der Waals surface area contributed by atoms with Crippen molar-refractivity contribution in [3.8, 4) is 0 Å². The van der Waals surface area contributed by atoms with Gasteiger partial charge in [-0.05, 0) is 43.9 Å². The van der Waals surface area contributed by atoms with Gasteiger partial charge in [-0.15, -0.1) is 0 Å². The van der Waals surface area contributed by atoms with Gasteiger partial charge in [0.2, 0.25) is 0 Å². The number of piperidine rings is 1. The van der Waals surface area contributed by atoms with E-state index in [1.54, 1.807) is 35.2 Å². The Labute approximate surface area is 185 Å². The van der Waals surface area contributed by atoms with Crippen LogP contribution >= 0.6 is 0 Å². The highest BCUT2D eigenvalue weighted by molar-refractivity contribution is 5.99. The number of aryl methyl sites for hydroxylation is 1. The molecule has 9 heteroatoms. The number of alkyl halides is 2. The molecule has 2 heterocycles. The first kappa shape index (κ1) is 23.3. The van der Waals surface area contributed by atoms with Crippen LogP contribution in [0.15, 0.2) is 42.5 Å². The lowest BCUT2D eigenvalue weighted by molar-refractivity contribution is -0.131. The predicted molar refractivity (Wildman–Crippen MR) is 116 cm³/mol. The van der Waals surface area contributed by atoms with E-state index in [2.05, 4.69) is 4.98 Å². The number of aromatic nitrogens is 1. The van der Waals surface area contributed by atoms with Crippen LogP contribution in [0.1, 0.15) is 40.9 Å². The van der Waals surface area contributed by atoms with Crippen molar-refractivity contribution >= 4 is 23.5 Å². The Bertz CT molecular complexity index is 960. The smallest absolute Gasteiger partial charge is 0.325 e. The second-order valence-corrected chi connectivity index (χ2v) is 7.69. The zero-order chi connectivity index (χ0) is 23.1. The molecule has 2 aromatic rings. The summed E-state index contributed by atoms with van der Waals surface area (Å²) in [7, 11) is 0. The van der Waals surface area contributed by atoms with Crippen molar-refractivity contribution in [2.45, 2.75) is 39.2 Å². The number of carbonyl (C=O) groups excluding carboxylic acids is 3. The maximum Gasteiger partial charge on any atom is 0.325 e. The molecular weight excluding hydrogens is 418 g/mol. The van der Waals surface area contributed by atoms with Crippen molar-refractivity contribution in [2.75, 3.05) is 24.5 Å². The normalized spacial score (nSPS) is 13.7. The first-order chi connectivity index (χ1) is 15.3. The van der Waals surface area contributed by atoms with E-state index in [0.29, 0.717) is 18.9 Å². The number of likely N-dealkylation sites (tertiary alicyclic amines) is 1. The van der Waals surface area contributed by atoms with Crippen molar-refractivity contribution in [3.05, 3.63) is 59.3 Å². The number of carbonyl (C=O) groups is 3. The SMILES string of the molecule is Cc1cccc(N(Cc2ccc(C(=O)CNC(=O)C(F)F)cc2)C(=O)N2CCCCC2)n1. The lowest BCUT2D eigenvalue weighted by Gasteiger charge is -2.32. The number of benzene rings is 1. The molecule has 7 nitrogen and oxygen atoms in total. The monoisotopic (exact) mass is 444 g/mol. The molecule has 32 heavy (non-hydrogen) atoms. The highest BCUT2D eigenvalue weighted by Crippen LogP contribution is 2.20. The minimum atomic E-state index is -3.16. The van der Waals surface area contributed by atoms with Gasteiger partial charge < -0.3 is 10.2 Å². The molecule has 0 spiro atoms. The largest absolute Gasteiger partial charge is 0.344 e. The Morgan fingerprint density at radius 2 is 1.75 bits per heavy atom. The standard InChI is InChI=1S/C23H26F2N4O3/c1-16-6-5-7-20(27-16)29(23(32)28-12-3-2-4-13-28)15-17-8-10-18(11-9-17)19(30)14-26-22(31)21(24)25/h5-11,21H,2-4,12-15H2,1H3,(H,26,31). The number of ketones is 1. The van der Waals surface area contributed by atoms with E-state index < -0.39 is 24.7 Å². The molecule has 1 aliphatic rings. The second kappa shape index (κ2) is 10.8. The van der Waals surface area contributed by atoms with Gasteiger partial charge in [0.25, 0.3) is 5.91 Å².